The minimum atomic E-state index is -0.990. The van der Waals surface area contributed by atoms with Gasteiger partial charge in [-0.2, -0.15) is 0 Å². The average molecular weight is 411 g/mol. The van der Waals surface area contributed by atoms with Crippen LogP contribution in [0.3, 0.4) is 0 Å². The van der Waals surface area contributed by atoms with Crippen LogP contribution in [-0.2, 0) is 9.53 Å². The van der Waals surface area contributed by atoms with E-state index in [2.05, 4.69) is 21.2 Å². The fourth-order valence-corrected chi connectivity index (χ4v) is 2.24. The Morgan fingerprint density at radius 1 is 1.28 bits per heavy atom. The van der Waals surface area contributed by atoms with Crippen molar-refractivity contribution < 1.29 is 23.6 Å². The maximum Gasteiger partial charge on any atom is 0.341 e. The summed E-state index contributed by atoms with van der Waals surface area (Å²) >= 11 is 3.06. The van der Waals surface area contributed by atoms with Crippen molar-refractivity contribution in [2.24, 2.45) is 0 Å². The van der Waals surface area contributed by atoms with Crippen LogP contribution in [-0.4, -0.2) is 23.4 Å². The number of hydrogen-bond donors (Lipinski definition) is 1. The molecule has 0 atom stereocenters. The number of carbonyl (C=O) groups is 2. The van der Waals surface area contributed by atoms with Gasteiger partial charge in [-0.25, -0.2) is 9.18 Å². The molecule has 7 nitrogen and oxygen atoms in total. The molecule has 0 saturated carbocycles. The van der Waals surface area contributed by atoms with Gasteiger partial charge >= 0.3 is 5.97 Å². The fraction of sp³-hybridized carbons (Fsp3) is 0.125. The van der Waals surface area contributed by atoms with Gasteiger partial charge in [-0.15, -0.1) is 0 Å². The van der Waals surface area contributed by atoms with Crippen molar-refractivity contribution in [3.8, 4) is 0 Å². The molecule has 2 rings (SSSR count). The first-order valence-electron chi connectivity index (χ1n) is 6.95. The lowest BCUT2D eigenvalue weighted by Gasteiger charge is -2.09. The number of non-ortho nitro benzene ring substituents is 1. The van der Waals surface area contributed by atoms with E-state index in [4.69, 9.17) is 4.74 Å². The number of ether oxygens (including phenoxy) is 1. The van der Waals surface area contributed by atoms with Crippen LogP contribution in [0.5, 0.6) is 0 Å². The zero-order valence-corrected chi connectivity index (χ0v) is 14.5. The van der Waals surface area contributed by atoms with Crippen molar-refractivity contribution >= 4 is 39.2 Å². The van der Waals surface area contributed by atoms with Gasteiger partial charge in [0.25, 0.3) is 11.6 Å². The standard InChI is InChI=1S/C16H12BrFN2O5/c1-9-2-4-11(20(23)24)7-14(9)19-15(21)8-25-16(22)12-5-3-10(17)6-13(12)18/h2-7H,8H2,1H3,(H,19,21). The monoisotopic (exact) mass is 410 g/mol. The maximum atomic E-state index is 13.6. The number of benzene rings is 2. The third-order valence-electron chi connectivity index (χ3n) is 3.19. The molecule has 0 aliphatic rings. The van der Waals surface area contributed by atoms with E-state index < -0.39 is 29.2 Å². The summed E-state index contributed by atoms with van der Waals surface area (Å²) < 4.78 is 18.9. The molecule has 2 aromatic rings. The summed E-state index contributed by atoms with van der Waals surface area (Å²) in [7, 11) is 0. The molecule has 0 aromatic heterocycles. The Bertz CT molecular complexity index is 856. The van der Waals surface area contributed by atoms with Crippen molar-refractivity contribution in [1.82, 2.24) is 0 Å². The Morgan fingerprint density at radius 3 is 2.64 bits per heavy atom. The normalized spacial score (nSPS) is 10.2. The Morgan fingerprint density at radius 2 is 2.00 bits per heavy atom. The fourth-order valence-electron chi connectivity index (χ4n) is 1.91. The summed E-state index contributed by atoms with van der Waals surface area (Å²) in [5.41, 5.74) is 0.339. The van der Waals surface area contributed by atoms with Gasteiger partial charge in [0.2, 0.25) is 0 Å². The van der Waals surface area contributed by atoms with Crippen molar-refractivity contribution in [2.45, 2.75) is 6.92 Å². The Labute approximate surface area is 150 Å². The number of amides is 1. The zero-order chi connectivity index (χ0) is 18.6. The smallest absolute Gasteiger partial charge is 0.341 e. The first-order chi connectivity index (χ1) is 11.8. The van der Waals surface area contributed by atoms with E-state index in [1.165, 1.54) is 30.3 Å². The minimum absolute atomic E-state index is 0.185. The number of halogens is 2. The summed E-state index contributed by atoms with van der Waals surface area (Å²) in [5.74, 6) is -2.47. The molecular formula is C16H12BrFN2O5. The topological polar surface area (TPSA) is 98.5 Å². The van der Waals surface area contributed by atoms with E-state index in [1.54, 1.807) is 6.92 Å². The SMILES string of the molecule is Cc1ccc([N+](=O)[O-])cc1NC(=O)COC(=O)c1ccc(Br)cc1F. The molecule has 130 valence electrons. The quantitative estimate of drug-likeness (QED) is 0.461. The number of aryl methyl sites for hydroxylation is 1. The lowest BCUT2D eigenvalue weighted by Crippen LogP contribution is -2.21. The van der Waals surface area contributed by atoms with Crippen LogP contribution < -0.4 is 5.32 Å². The highest BCUT2D eigenvalue weighted by atomic mass is 79.9. The highest BCUT2D eigenvalue weighted by Gasteiger charge is 2.16. The molecule has 0 bridgehead atoms. The minimum Gasteiger partial charge on any atom is -0.452 e. The largest absolute Gasteiger partial charge is 0.452 e. The van der Waals surface area contributed by atoms with Crippen LogP contribution in [0.4, 0.5) is 15.8 Å². The Balaban J connectivity index is 2.00. The summed E-state index contributed by atoms with van der Waals surface area (Å²) in [5, 5.41) is 13.2. The van der Waals surface area contributed by atoms with Gasteiger partial charge in [0.05, 0.1) is 16.2 Å². The maximum absolute atomic E-state index is 13.6. The molecule has 0 aliphatic carbocycles. The number of esters is 1. The summed E-state index contributed by atoms with van der Waals surface area (Å²) in [6, 6.07) is 7.78. The number of nitrogens with zero attached hydrogens (tertiary/aromatic N) is 1. The molecule has 25 heavy (non-hydrogen) atoms. The zero-order valence-electron chi connectivity index (χ0n) is 12.9. The number of hydrogen-bond acceptors (Lipinski definition) is 5. The highest BCUT2D eigenvalue weighted by Crippen LogP contribution is 2.22. The molecule has 0 heterocycles. The second-order valence-electron chi connectivity index (χ2n) is 5.00. The highest BCUT2D eigenvalue weighted by molar-refractivity contribution is 9.10. The molecule has 1 amide bonds. The third kappa shape index (κ3) is 4.83. The van der Waals surface area contributed by atoms with Gasteiger partial charge in [-0.3, -0.25) is 14.9 Å². The van der Waals surface area contributed by atoms with Crippen molar-refractivity contribution in [3.63, 3.8) is 0 Å². The van der Waals surface area contributed by atoms with Gasteiger partial charge in [0.1, 0.15) is 5.82 Å². The molecule has 9 heteroatoms. The first kappa shape index (κ1) is 18.5. The summed E-state index contributed by atoms with van der Waals surface area (Å²) in [4.78, 5) is 33.8. The van der Waals surface area contributed by atoms with E-state index in [-0.39, 0.29) is 16.9 Å². The van der Waals surface area contributed by atoms with E-state index in [9.17, 15) is 24.1 Å². The number of nitro groups is 1. The van der Waals surface area contributed by atoms with Gasteiger partial charge in [0.15, 0.2) is 6.61 Å². The van der Waals surface area contributed by atoms with Gasteiger partial charge in [-0.05, 0) is 30.7 Å². The Kier molecular flexibility index (Phi) is 5.81. The molecule has 0 unspecified atom stereocenters. The molecular weight excluding hydrogens is 399 g/mol. The first-order valence-corrected chi connectivity index (χ1v) is 7.74. The third-order valence-corrected chi connectivity index (χ3v) is 3.68. The van der Waals surface area contributed by atoms with Gasteiger partial charge < -0.3 is 10.1 Å². The van der Waals surface area contributed by atoms with E-state index in [0.717, 1.165) is 6.07 Å². The van der Waals surface area contributed by atoms with E-state index in [1.807, 2.05) is 0 Å². The number of nitro benzene ring substituents is 1. The van der Waals surface area contributed by atoms with Crippen LogP contribution in [0.15, 0.2) is 40.9 Å². The van der Waals surface area contributed by atoms with Crippen LogP contribution in [0.2, 0.25) is 0 Å². The molecule has 2 aromatic carbocycles. The molecule has 0 aliphatic heterocycles. The van der Waals surface area contributed by atoms with Crippen LogP contribution in [0, 0.1) is 22.9 Å². The van der Waals surface area contributed by atoms with Gasteiger partial charge in [-0.1, -0.05) is 22.0 Å². The number of carbonyl (C=O) groups excluding carboxylic acids is 2. The molecule has 0 spiro atoms. The van der Waals surface area contributed by atoms with Crippen LogP contribution >= 0.6 is 15.9 Å². The Hall–Kier alpha value is -2.81. The molecule has 0 fully saturated rings. The van der Waals surface area contributed by atoms with Crippen molar-refractivity contribution in [2.75, 3.05) is 11.9 Å². The van der Waals surface area contributed by atoms with Crippen LogP contribution in [0.25, 0.3) is 0 Å². The second-order valence-corrected chi connectivity index (χ2v) is 5.92. The second kappa shape index (κ2) is 7.84. The molecule has 0 radical (unpaired) electrons. The predicted molar refractivity (Wildman–Crippen MR) is 90.8 cm³/mol. The van der Waals surface area contributed by atoms with E-state index in [0.29, 0.717) is 10.0 Å². The number of anilines is 1. The van der Waals surface area contributed by atoms with Crippen molar-refractivity contribution in [3.05, 3.63) is 67.9 Å². The lowest BCUT2D eigenvalue weighted by atomic mass is 10.2. The summed E-state index contributed by atoms with van der Waals surface area (Å²) in [6.07, 6.45) is 0. The number of rotatable bonds is 5. The lowest BCUT2D eigenvalue weighted by molar-refractivity contribution is -0.384. The van der Waals surface area contributed by atoms with Gasteiger partial charge in [0, 0.05) is 16.6 Å². The predicted octanol–water partition coefficient (Wildman–Crippen LogP) is 3.60. The van der Waals surface area contributed by atoms with Crippen LogP contribution in [0.1, 0.15) is 15.9 Å². The molecule has 0 saturated heterocycles. The van der Waals surface area contributed by atoms with E-state index >= 15 is 0 Å². The number of nitrogens with one attached hydrogen (secondary N) is 1. The summed E-state index contributed by atoms with van der Waals surface area (Å²) in [6.45, 7) is 0.999. The molecule has 1 N–H and O–H groups in total. The average Bonchev–Trinajstić information content (AvgIpc) is 2.54. The van der Waals surface area contributed by atoms with Crippen molar-refractivity contribution in [1.29, 1.82) is 0 Å².